The lowest BCUT2D eigenvalue weighted by Crippen LogP contribution is -2.62. The first-order valence-corrected chi connectivity index (χ1v) is 14.3. The van der Waals surface area contributed by atoms with Crippen LogP contribution < -0.4 is 16.8 Å². The molecule has 12 nitrogen and oxygen atoms in total. The second-order valence-electron chi connectivity index (χ2n) is 12.2. The van der Waals surface area contributed by atoms with E-state index in [0.29, 0.717) is 43.7 Å². The molecule has 2 heterocycles. The number of carbonyl (C=O) groups excluding carboxylic acids is 4. The molecule has 0 spiro atoms. The first kappa shape index (κ1) is 32.0. The van der Waals surface area contributed by atoms with Crippen molar-refractivity contribution in [3.8, 4) is 0 Å². The molecule has 6 N–H and O–H groups in total. The Balaban J connectivity index is 0.00000441. The maximum atomic E-state index is 13.8. The minimum absolute atomic E-state index is 0. The van der Waals surface area contributed by atoms with E-state index in [1.54, 1.807) is 18.5 Å². The summed E-state index contributed by atoms with van der Waals surface area (Å²) in [4.78, 5) is 53.8. The van der Waals surface area contributed by atoms with Gasteiger partial charge in [-0.25, -0.2) is 4.68 Å². The molecule has 224 valence electrons. The molecule has 1 aromatic rings. The lowest BCUT2D eigenvalue weighted by atomic mass is 9.78. The molecule has 0 radical (unpaired) electrons. The van der Waals surface area contributed by atoms with Gasteiger partial charge in [0.1, 0.15) is 17.2 Å². The number of nitrogens with two attached hydrogens (primary N) is 2. The number of nitrogens with one attached hydrogen (secondary N) is 1. The van der Waals surface area contributed by atoms with Gasteiger partial charge in [0.15, 0.2) is 0 Å². The molecule has 4 rings (SSSR count). The van der Waals surface area contributed by atoms with Gasteiger partial charge in [-0.15, -0.1) is 17.5 Å². The molecule has 3 aliphatic rings. The predicted octanol–water partition coefficient (Wildman–Crippen LogP) is 1.24. The van der Waals surface area contributed by atoms with E-state index in [2.05, 4.69) is 15.6 Å². The summed E-state index contributed by atoms with van der Waals surface area (Å²) in [6, 6.07) is -2.13. The van der Waals surface area contributed by atoms with Crippen molar-refractivity contribution in [2.24, 2.45) is 17.4 Å². The molecule has 3 amide bonds. The van der Waals surface area contributed by atoms with E-state index in [1.165, 1.54) is 17.5 Å². The second kappa shape index (κ2) is 12.9. The Morgan fingerprint density at radius 3 is 2.35 bits per heavy atom. The first-order valence-electron chi connectivity index (χ1n) is 14.3. The number of nitrogens with zero attached hydrogens (tertiary/aromatic N) is 4. The fourth-order valence-electron chi connectivity index (χ4n) is 6.65. The van der Waals surface area contributed by atoms with E-state index in [1.807, 2.05) is 0 Å². The van der Waals surface area contributed by atoms with Gasteiger partial charge >= 0.3 is 0 Å². The summed E-state index contributed by atoms with van der Waals surface area (Å²) in [6.45, 7) is 3.39. The Bertz CT molecular complexity index is 1080. The number of carbonyl (C=O) groups is 4. The highest BCUT2D eigenvalue weighted by Crippen LogP contribution is 2.35. The number of hydrogen-bond acceptors (Lipinski definition) is 8. The number of aromatic nitrogens is 3. The second-order valence-corrected chi connectivity index (χ2v) is 12.2. The Morgan fingerprint density at radius 2 is 1.75 bits per heavy atom. The number of primary amides is 1. The normalized spacial score (nSPS) is 24.1. The van der Waals surface area contributed by atoms with Crippen LogP contribution in [-0.4, -0.2) is 72.7 Å². The van der Waals surface area contributed by atoms with Crippen LogP contribution in [0.15, 0.2) is 6.20 Å². The van der Waals surface area contributed by atoms with Crippen molar-refractivity contribution in [1.82, 2.24) is 25.2 Å². The van der Waals surface area contributed by atoms with Crippen molar-refractivity contribution in [1.29, 1.82) is 0 Å². The van der Waals surface area contributed by atoms with Gasteiger partial charge in [0, 0.05) is 13.0 Å². The number of aliphatic hydroxyl groups is 1. The first-order chi connectivity index (χ1) is 18.4. The molecule has 2 aliphatic carbocycles. The Labute approximate surface area is 241 Å². The summed E-state index contributed by atoms with van der Waals surface area (Å²) >= 11 is 0. The summed E-state index contributed by atoms with van der Waals surface area (Å²) in [6.07, 6.45) is 10.6. The van der Waals surface area contributed by atoms with Crippen LogP contribution >= 0.6 is 12.4 Å². The van der Waals surface area contributed by atoms with E-state index in [-0.39, 0.29) is 31.3 Å². The van der Waals surface area contributed by atoms with Crippen molar-refractivity contribution < 1.29 is 24.3 Å². The zero-order chi connectivity index (χ0) is 28.4. The molecule has 1 aromatic heterocycles. The van der Waals surface area contributed by atoms with Gasteiger partial charge in [0.05, 0.1) is 24.0 Å². The fraction of sp³-hybridized carbons (Fsp3) is 0.778. The van der Waals surface area contributed by atoms with Crippen molar-refractivity contribution in [2.45, 2.75) is 120 Å². The highest BCUT2D eigenvalue weighted by molar-refractivity contribution is 6.39. The minimum Gasteiger partial charge on any atom is -0.384 e. The lowest BCUT2D eigenvalue weighted by molar-refractivity contribution is -0.145. The Hall–Kier alpha value is -2.57. The van der Waals surface area contributed by atoms with E-state index in [0.717, 1.165) is 32.1 Å². The zero-order valence-corrected chi connectivity index (χ0v) is 24.3. The third-order valence-corrected chi connectivity index (χ3v) is 8.77. The number of ketones is 1. The number of amides is 3. The molecule has 13 heteroatoms. The molecule has 0 bridgehead atoms. The average molecular weight is 582 g/mol. The number of rotatable bonds is 9. The number of hydrogen-bond donors (Lipinski definition) is 4. The topological polar surface area (TPSA) is 187 Å². The monoisotopic (exact) mass is 581 g/mol. The summed E-state index contributed by atoms with van der Waals surface area (Å²) in [5, 5.41) is 21.6. The molecule has 1 aliphatic heterocycles. The standard InChI is InChI=1S/C27H43N7O5.ClH/c1-26(2,39)21-15-30-32-34(21)18-14-20(24(37)31-27(22(35)23(29)36)11-7-4-8-12-27)33(16-18)25(38)19(28)13-17-9-5-3-6-10-17;/h15,17-20,39H,3-14,16,28H2,1-2H3,(H2,29,36)(H,31,37);1H/t18-,19?,20-;/m0./s1. The van der Waals surface area contributed by atoms with Crippen LogP contribution in [0.1, 0.15) is 103 Å². The zero-order valence-electron chi connectivity index (χ0n) is 23.5. The van der Waals surface area contributed by atoms with Crippen LogP contribution in [-0.2, 0) is 24.8 Å². The van der Waals surface area contributed by atoms with E-state index in [4.69, 9.17) is 11.5 Å². The number of halogens is 1. The van der Waals surface area contributed by atoms with Crippen LogP contribution in [0.2, 0.25) is 0 Å². The van der Waals surface area contributed by atoms with Crippen molar-refractivity contribution >= 4 is 35.9 Å². The van der Waals surface area contributed by atoms with Crippen LogP contribution in [0, 0.1) is 5.92 Å². The van der Waals surface area contributed by atoms with Gasteiger partial charge in [0.2, 0.25) is 17.6 Å². The summed E-state index contributed by atoms with van der Waals surface area (Å²) in [5.41, 5.74) is 9.65. The van der Waals surface area contributed by atoms with Gasteiger partial charge in [-0.1, -0.05) is 56.6 Å². The van der Waals surface area contributed by atoms with Gasteiger partial charge in [0.25, 0.3) is 5.91 Å². The minimum atomic E-state index is -1.37. The highest BCUT2D eigenvalue weighted by atomic mass is 35.5. The van der Waals surface area contributed by atoms with Crippen LogP contribution in [0.3, 0.4) is 0 Å². The largest absolute Gasteiger partial charge is 0.384 e. The van der Waals surface area contributed by atoms with Crippen molar-refractivity contribution in [3.05, 3.63) is 11.9 Å². The quantitative estimate of drug-likeness (QED) is 0.313. The Morgan fingerprint density at radius 1 is 1.12 bits per heavy atom. The van der Waals surface area contributed by atoms with Crippen molar-refractivity contribution in [2.75, 3.05) is 6.54 Å². The van der Waals surface area contributed by atoms with Gasteiger partial charge < -0.3 is 26.8 Å². The third kappa shape index (κ3) is 6.83. The molecule has 1 unspecified atom stereocenters. The third-order valence-electron chi connectivity index (χ3n) is 8.77. The molecule has 2 saturated carbocycles. The molecule has 1 saturated heterocycles. The highest BCUT2D eigenvalue weighted by Gasteiger charge is 2.48. The summed E-state index contributed by atoms with van der Waals surface area (Å²) in [7, 11) is 0. The van der Waals surface area contributed by atoms with Crippen LogP contribution in [0.5, 0.6) is 0 Å². The lowest BCUT2D eigenvalue weighted by Gasteiger charge is -2.37. The van der Waals surface area contributed by atoms with Crippen molar-refractivity contribution in [3.63, 3.8) is 0 Å². The average Bonchev–Trinajstić information content (AvgIpc) is 3.56. The molecular formula is C27H44ClN7O5. The smallest absolute Gasteiger partial charge is 0.287 e. The van der Waals surface area contributed by atoms with Gasteiger partial charge in [-0.3, -0.25) is 19.2 Å². The molecule has 0 aromatic carbocycles. The fourth-order valence-corrected chi connectivity index (χ4v) is 6.65. The Kier molecular flexibility index (Phi) is 10.3. The number of Topliss-reactive ketones (excluding diaryl/α,β-unsaturated/α-hetero) is 1. The molecule has 3 fully saturated rings. The predicted molar refractivity (Wildman–Crippen MR) is 149 cm³/mol. The maximum absolute atomic E-state index is 13.8. The maximum Gasteiger partial charge on any atom is 0.287 e. The van der Waals surface area contributed by atoms with Crippen LogP contribution in [0.25, 0.3) is 0 Å². The molecule has 40 heavy (non-hydrogen) atoms. The van der Waals surface area contributed by atoms with E-state index in [9.17, 15) is 24.3 Å². The summed E-state index contributed by atoms with van der Waals surface area (Å²) < 4.78 is 1.56. The summed E-state index contributed by atoms with van der Waals surface area (Å²) in [5.74, 6) is -2.36. The SMILES string of the molecule is CC(C)(O)c1cnnn1[C@H]1C[C@@H](C(=O)NC2(C(=O)C(N)=O)CCCCC2)N(C(=O)C(N)CC2CCCCC2)C1.Cl. The van der Waals surface area contributed by atoms with Gasteiger partial charge in [-0.05, 0) is 39.0 Å². The molecule has 3 atom stereocenters. The van der Waals surface area contributed by atoms with Crippen LogP contribution in [0.4, 0.5) is 0 Å². The van der Waals surface area contributed by atoms with E-state index < -0.39 is 46.9 Å². The number of likely N-dealkylation sites (tertiary alicyclic amines) is 1. The van der Waals surface area contributed by atoms with E-state index >= 15 is 0 Å². The molecular weight excluding hydrogens is 538 g/mol. The van der Waals surface area contributed by atoms with Gasteiger partial charge in [-0.2, -0.15) is 0 Å².